The summed E-state index contributed by atoms with van der Waals surface area (Å²) in [6, 6.07) is 3.34. The lowest BCUT2D eigenvalue weighted by Crippen LogP contribution is -2.63. The number of carbonyl (C=O) groups is 2. The fraction of sp³-hybridized carbons (Fsp3) is 0.667. The molecule has 0 aromatic heterocycles. The number of ketones is 1. The summed E-state index contributed by atoms with van der Waals surface area (Å²) in [6.45, 7) is 12.1. The van der Waals surface area contributed by atoms with Crippen LogP contribution in [0.1, 0.15) is 71.5 Å². The minimum Gasteiger partial charge on any atom is -0.480 e. The molecule has 4 N–H and O–H groups in total. The number of rotatable bonds is 6. The Kier molecular flexibility index (Phi) is 9.04. The molecule has 226 valence electrons. The number of aliphatic hydroxyl groups excluding tert-OH is 1. The lowest BCUT2D eigenvalue weighted by molar-refractivity contribution is -0.207. The summed E-state index contributed by atoms with van der Waals surface area (Å²) < 4.78 is 17.5. The average molecular weight is 610 g/mol. The van der Waals surface area contributed by atoms with Gasteiger partial charge in [0.15, 0.2) is 6.61 Å². The van der Waals surface area contributed by atoms with Crippen LogP contribution in [0, 0.1) is 34.0 Å². The molecule has 4 aliphatic rings. The van der Waals surface area contributed by atoms with Crippen molar-refractivity contribution in [1.82, 2.24) is 0 Å². The molecule has 5 rings (SSSR count). The first-order chi connectivity index (χ1) is 18.8. The van der Waals surface area contributed by atoms with Crippen LogP contribution in [0.25, 0.3) is 0 Å². The van der Waals surface area contributed by atoms with E-state index in [0.717, 1.165) is 19.3 Å². The summed E-state index contributed by atoms with van der Waals surface area (Å²) in [5, 5.41) is 22.1. The monoisotopic (exact) mass is 609 g/mol. The molecule has 8 nitrogen and oxygen atoms in total. The summed E-state index contributed by atoms with van der Waals surface area (Å²) in [5.74, 6) is -0.441. The lowest BCUT2D eigenvalue weighted by atomic mass is 9.44. The fourth-order valence-electron chi connectivity index (χ4n) is 8.54. The molecule has 0 saturated heterocycles. The van der Waals surface area contributed by atoms with Gasteiger partial charge in [-0.1, -0.05) is 51.4 Å². The Labute approximate surface area is 253 Å². The Balaban J connectivity index is 0.00000387. The molecule has 41 heavy (non-hydrogen) atoms. The zero-order valence-electron chi connectivity index (χ0n) is 24.2. The third-order valence-electron chi connectivity index (χ3n) is 11.2. The number of hydrogen-bond acceptors (Lipinski definition) is 8. The first kappa shape index (κ1) is 32.3. The highest BCUT2D eigenvalue weighted by atomic mass is 35.5. The van der Waals surface area contributed by atoms with Crippen LogP contribution in [0.4, 0.5) is 0 Å². The minimum atomic E-state index is -1.23. The molecule has 1 heterocycles. The van der Waals surface area contributed by atoms with Crippen LogP contribution in [-0.4, -0.2) is 54.4 Å². The van der Waals surface area contributed by atoms with Gasteiger partial charge in [0, 0.05) is 35.2 Å². The summed E-state index contributed by atoms with van der Waals surface area (Å²) in [5.41, 5.74) is 5.14. The van der Waals surface area contributed by atoms with Crippen LogP contribution in [-0.2, 0) is 19.0 Å². The van der Waals surface area contributed by atoms with Gasteiger partial charge in [0.2, 0.25) is 0 Å². The number of Topliss-reactive ketones (excluding diaryl/α,β-unsaturated/α-hetero) is 1. The molecule has 1 aromatic carbocycles. The zero-order chi connectivity index (χ0) is 29.2. The van der Waals surface area contributed by atoms with Crippen molar-refractivity contribution in [2.45, 2.75) is 78.1 Å². The maximum atomic E-state index is 13.5. The smallest absolute Gasteiger partial charge is 0.480 e. The number of esters is 1. The second-order valence-electron chi connectivity index (χ2n) is 12.9. The van der Waals surface area contributed by atoms with Gasteiger partial charge in [-0.3, -0.25) is 4.79 Å². The molecule has 3 saturated carbocycles. The van der Waals surface area contributed by atoms with E-state index in [4.69, 9.17) is 31.5 Å². The molecule has 1 aliphatic heterocycles. The molecular formula is C30H42BCl2NO7. The van der Waals surface area contributed by atoms with Crippen molar-refractivity contribution in [2.75, 3.05) is 13.2 Å². The van der Waals surface area contributed by atoms with Gasteiger partial charge in [-0.15, -0.1) is 19.0 Å². The van der Waals surface area contributed by atoms with Crippen molar-refractivity contribution in [1.29, 1.82) is 0 Å². The van der Waals surface area contributed by atoms with Gasteiger partial charge in [0.05, 0.1) is 17.2 Å². The molecule has 0 radical (unpaired) electrons. The van der Waals surface area contributed by atoms with E-state index in [2.05, 4.69) is 27.4 Å². The minimum absolute atomic E-state index is 0. The Hall–Kier alpha value is -1.62. The first-order valence-electron chi connectivity index (χ1n) is 14.4. The fourth-order valence-corrected chi connectivity index (χ4v) is 8.86. The summed E-state index contributed by atoms with van der Waals surface area (Å²) in [4.78, 5) is 26.9. The molecule has 0 spiro atoms. The van der Waals surface area contributed by atoms with Gasteiger partial charge >= 0.3 is 13.1 Å². The Bertz CT molecular complexity index is 1220. The van der Waals surface area contributed by atoms with Crippen LogP contribution in [0.15, 0.2) is 24.8 Å². The predicted molar refractivity (Wildman–Crippen MR) is 159 cm³/mol. The van der Waals surface area contributed by atoms with Crippen molar-refractivity contribution in [2.24, 2.45) is 39.7 Å². The van der Waals surface area contributed by atoms with E-state index in [1.54, 1.807) is 18.2 Å². The van der Waals surface area contributed by atoms with E-state index < -0.39 is 48.8 Å². The molecule has 11 heteroatoms. The number of aliphatic hydroxyl groups is 1. The number of hydrogen-bond donors (Lipinski definition) is 3. The lowest BCUT2D eigenvalue weighted by Gasteiger charge is -2.61. The van der Waals surface area contributed by atoms with Crippen molar-refractivity contribution in [3.8, 4) is 5.75 Å². The molecule has 1 aromatic rings. The highest BCUT2D eigenvalue weighted by Crippen LogP contribution is 2.68. The van der Waals surface area contributed by atoms with Crippen LogP contribution >= 0.6 is 24.0 Å². The number of nitrogens with two attached hydrogens (primary N) is 1. The van der Waals surface area contributed by atoms with Crippen LogP contribution in [0.5, 0.6) is 5.75 Å². The van der Waals surface area contributed by atoms with E-state index >= 15 is 0 Å². The molecule has 9 unspecified atom stereocenters. The van der Waals surface area contributed by atoms with Gasteiger partial charge in [-0.25, -0.2) is 4.79 Å². The largest absolute Gasteiger partial charge is 0.493 e. The van der Waals surface area contributed by atoms with E-state index in [-0.39, 0.29) is 58.7 Å². The van der Waals surface area contributed by atoms with E-state index in [9.17, 15) is 19.7 Å². The molecule has 9 atom stereocenters. The third kappa shape index (κ3) is 4.85. The Morgan fingerprint density at radius 1 is 1.32 bits per heavy atom. The third-order valence-corrected chi connectivity index (χ3v) is 11.6. The molecule has 3 fully saturated rings. The second-order valence-corrected chi connectivity index (χ2v) is 13.3. The van der Waals surface area contributed by atoms with Gasteiger partial charge in [-0.2, -0.15) is 0 Å². The van der Waals surface area contributed by atoms with Crippen molar-refractivity contribution >= 4 is 48.3 Å². The van der Waals surface area contributed by atoms with Crippen molar-refractivity contribution in [3.05, 3.63) is 35.4 Å². The van der Waals surface area contributed by atoms with Crippen LogP contribution in [0.2, 0.25) is 5.02 Å². The molecular weight excluding hydrogens is 568 g/mol. The number of benzene rings is 1. The van der Waals surface area contributed by atoms with Gasteiger partial charge in [0.25, 0.3) is 0 Å². The Morgan fingerprint density at radius 2 is 2.02 bits per heavy atom. The summed E-state index contributed by atoms with van der Waals surface area (Å²) in [6.07, 6.45) is 3.27. The second kappa shape index (κ2) is 11.5. The van der Waals surface area contributed by atoms with Gasteiger partial charge in [0.1, 0.15) is 17.6 Å². The summed E-state index contributed by atoms with van der Waals surface area (Å²) in [7, 11) is -1.23. The highest BCUT2D eigenvalue weighted by molar-refractivity contribution is 6.65. The number of halogens is 2. The number of fused-ring (bicyclic) bond motifs is 1. The Morgan fingerprint density at radius 3 is 2.68 bits per heavy atom. The molecule has 2 bridgehead atoms. The van der Waals surface area contributed by atoms with Crippen LogP contribution < -0.4 is 15.9 Å². The highest BCUT2D eigenvalue weighted by Gasteiger charge is 2.68. The van der Waals surface area contributed by atoms with E-state index in [0.29, 0.717) is 23.9 Å². The SMILES string of the molecule is C=CC1(C)CC(OC(=O)COc2ccc3c(c2Cl)B(O)OC3CN)C2(C)C(C)CCC3(CCC(=O)C32)C(C)C1O.Cl. The quantitative estimate of drug-likeness (QED) is 0.253. The van der Waals surface area contributed by atoms with E-state index in [1.165, 1.54) is 0 Å². The topological polar surface area (TPSA) is 128 Å². The van der Waals surface area contributed by atoms with Gasteiger partial charge < -0.3 is 30.0 Å². The maximum absolute atomic E-state index is 13.5. The standard InChI is InChI=1S/C30H41BClNO7.ClH/c1-6-28(4)13-22(29(5)16(2)9-11-30(17(3)27(28)36)12-10-19(34)26(29)30)39-23(35)15-38-20-8-7-18-21(14-33)40-31(37)24(18)25(20)32;/h6-8,16-17,21-22,26-27,36-37H,1,9-15,33H2,2-5H3;1H. The molecule has 3 aliphatic carbocycles. The maximum Gasteiger partial charge on any atom is 0.493 e. The normalized spacial score (nSPS) is 39.6. The van der Waals surface area contributed by atoms with Crippen LogP contribution in [0.3, 0.4) is 0 Å². The zero-order valence-corrected chi connectivity index (χ0v) is 25.8. The van der Waals surface area contributed by atoms with E-state index in [1.807, 2.05) is 6.92 Å². The number of ether oxygens (including phenoxy) is 2. The van der Waals surface area contributed by atoms with Crippen molar-refractivity contribution < 1.29 is 33.8 Å². The van der Waals surface area contributed by atoms with Crippen molar-refractivity contribution in [3.63, 3.8) is 0 Å². The summed E-state index contributed by atoms with van der Waals surface area (Å²) >= 11 is 6.52. The molecule has 0 amide bonds. The van der Waals surface area contributed by atoms with Gasteiger partial charge in [-0.05, 0) is 54.6 Å². The first-order valence-corrected chi connectivity index (χ1v) is 14.7. The average Bonchev–Trinajstić information content (AvgIpc) is 3.46. The number of carbonyl (C=O) groups excluding carboxylic acids is 2. The predicted octanol–water partition coefficient (Wildman–Crippen LogP) is 3.76.